The van der Waals surface area contributed by atoms with Gasteiger partial charge in [-0.1, -0.05) is 19.0 Å². The number of nitrogens with two attached hydrogens (primary N) is 1. The number of anilines is 1. The van der Waals surface area contributed by atoms with Crippen molar-refractivity contribution in [3.63, 3.8) is 0 Å². The topological polar surface area (TPSA) is 91.8 Å². The largest absolute Gasteiger partial charge is 0.409 e. The van der Waals surface area contributed by atoms with Gasteiger partial charge in [-0.2, -0.15) is 0 Å². The van der Waals surface area contributed by atoms with Crippen molar-refractivity contribution in [2.24, 2.45) is 22.7 Å². The smallest absolute Gasteiger partial charge is 0.237 e. The van der Waals surface area contributed by atoms with E-state index in [1.807, 2.05) is 13.8 Å². The lowest BCUT2D eigenvalue weighted by molar-refractivity contribution is -0.121. The zero-order chi connectivity index (χ0) is 13.7. The second kappa shape index (κ2) is 6.00. The third kappa shape index (κ3) is 2.97. The minimum absolute atomic E-state index is 0.0625. The van der Waals surface area contributed by atoms with E-state index in [1.54, 1.807) is 31.6 Å². The summed E-state index contributed by atoms with van der Waals surface area (Å²) in [5.74, 6) is -1.02. The first-order valence-electron chi connectivity index (χ1n) is 5.64. The van der Waals surface area contributed by atoms with Crippen LogP contribution in [0, 0.1) is 11.8 Å². The van der Waals surface area contributed by atoms with Gasteiger partial charge in [0, 0.05) is 13.2 Å². The van der Waals surface area contributed by atoms with Gasteiger partial charge in [0.2, 0.25) is 5.91 Å². The van der Waals surface area contributed by atoms with Gasteiger partial charge in [-0.3, -0.25) is 9.78 Å². The van der Waals surface area contributed by atoms with Crippen LogP contribution in [0.2, 0.25) is 0 Å². The van der Waals surface area contributed by atoms with E-state index in [0.29, 0.717) is 5.69 Å². The minimum atomic E-state index is -0.653. The fraction of sp³-hybridized carbons (Fsp3) is 0.417. The van der Waals surface area contributed by atoms with Gasteiger partial charge in [-0.05, 0) is 18.1 Å². The normalized spacial score (nSPS) is 13.4. The number of amidine groups is 1. The molecule has 0 aromatic carbocycles. The Morgan fingerprint density at radius 2 is 2.22 bits per heavy atom. The summed E-state index contributed by atoms with van der Waals surface area (Å²) >= 11 is 0. The number of pyridine rings is 1. The van der Waals surface area contributed by atoms with Crippen molar-refractivity contribution in [3.05, 3.63) is 24.5 Å². The molecule has 0 spiro atoms. The highest BCUT2D eigenvalue weighted by molar-refractivity contribution is 6.08. The molecule has 1 aromatic rings. The van der Waals surface area contributed by atoms with Crippen molar-refractivity contribution in [2.45, 2.75) is 13.8 Å². The second-order valence-electron chi connectivity index (χ2n) is 4.36. The summed E-state index contributed by atoms with van der Waals surface area (Å²) in [5.41, 5.74) is 6.24. The van der Waals surface area contributed by atoms with E-state index >= 15 is 0 Å². The molecule has 6 heteroatoms. The number of rotatable bonds is 4. The van der Waals surface area contributed by atoms with Crippen LogP contribution >= 0.6 is 0 Å². The molecule has 1 amide bonds. The van der Waals surface area contributed by atoms with E-state index in [0.717, 1.165) is 0 Å². The predicted octanol–water partition coefficient (Wildman–Crippen LogP) is 1.06. The first-order valence-corrected chi connectivity index (χ1v) is 5.64. The molecule has 98 valence electrons. The van der Waals surface area contributed by atoms with Gasteiger partial charge in [0.15, 0.2) is 5.84 Å². The first kappa shape index (κ1) is 14.0. The Hall–Kier alpha value is -2.11. The molecule has 0 bridgehead atoms. The second-order valence-corrected chi connectivity index (χ2v) is 4.36. The Kier molecular flexibility index (Phi) is 4.65. The third-order valence-corrected chi connectivity index (χ3v) is 2.73. The maximum absolute atomic E-state index is 12.3. The van der Waals surface area contributed by atoms with Crippen molar-refractivity contribution in [1.29, 1.82) is 0 Å². The molecule has 3 N–H and O–H groups in total. The zero-order valence-electron chi connectivity index (χ0n) is 10.7. The van der Waals surface area contributed by atoms with E-state index in [2.05, 4.69) is 10.1 Å². The maximum Gasteiger partial charge on any atom is 0.237 e. The van der Waals surface area contributed by atoms with Gasteiger partial charge in [-0.15, -0.1) is 0 Å². The molecule has 1 atom stereocenters. The van der Waals surface area contributed by atoms with Crippen LogP contribution in [0.3, 0.4) is 0 Å². The molecule has 18 heavy (non-hydrogen) atoms. The van der Waals surface area contributed by atoms with Crippen LogP contribution in [0.4, 0.5) is 5.69 Å². The Balaban J connectivity index is 2.98. The lowest BCUT2D eigenvalue weighted by atomic mass is 9.93. The molecule has 0 aliphatic carbocycles. The summed E-state index contributed by atoms with van der Waals surface area (Å²) in [5, 5.41) is 11.7. The summed E-state index contributed by atoms with van der Waals surface area (Å²) in [4.78, 5) is 17.7. The molecule has 0 radical (unpaired) electrons. The summed E-state index contributed by atoms with van der Waals surface area (Å²) < 4.78 is 0. The van der Waals surface area contributed by atoms with Crippen molar-refractivity contribution in [3.8, 4) is 0 Å². The van der Waals surface area contributed by atoms with E-state index < -0.39 is 5.92 Å². The highest BCUT2D eigenvalue weighted by Gasteiger charge is 2.29. The number of carbonyl (C=O) groups excluding carboxylic acids is 1. The predicted molar refractivity (Wildman–Crippen MR) is 69.4 cm³/mol. The Labute approximate surface area is 106 Å². The van der Waals surface area contributed by atoms with E-state index in [-0.39, 0.29) is 17.7 Å². The maximum atomic E-state index is 12.3. The SMILES string of the molecule is CC(C)C(C(=O)N(C)c1cccnc1)C(N)=NO. The van der Waals surface area contributed by atoms with Gasteiger partial charge in [0.1, 0.15) is 5.92 Å². The molecule has 0 saturated carbocycles. The zero-order valence-corrected chi connectivity index (χ0v) is 10.7. The Morgan fingerprint density at radius 1 is 1.56 bits per heavy atom. The standard InChI is InChI=1S/C12H18N4O2/c1-8(2)10(11(13)15-18)12(17)16(3)9-5-4-6-14-7-9/h4-8,10,18H,1-3H3,(H2,13,15). The van der Waals surface area contributed by atoms with Crippen LogP contribution in [0.1, 0.15) is 13.8 Å². The van der Waals surface area contributed by atoms with Crippen LogP contribution in [-0.2, 0) is 4.79 Å². The number of amides is 1. The first-order chi connectivity index (χ1) is 8.49. The molecule has 1 heterocycles. The van der Waals surface area contributed by atoms with Gasteiger partial charge < -0.3 is 15.8 Å². The van der Waals surface area contributed by atoms with E-state index in [1.165, 1.54) is 4.90 Å². The number of carbonyl (C=O) groups is 1. The summed E-state index contributed by atoms with van der Waals surface area (Å²) in [7, 11) is 1.64. The molecule has 1 unspecified atom stereocenters. The van der Waals surface area contributed by atoms with Gasteiger partial charge in [0.05, 0.1) is 11.9 Å². The Morgan fingerprint density at radius 3 is 2.67 bits per heavy atom. The summed E-state index contributed by atoms with van der Waals surface area (Å²) in [6.45, 7) is 3.69. The van der Waals surface area contributed by atoms with Crippen LogP contribution in [0.15, 0.2) is 29.7 Å². The number of aromatic nitrogens is 1. The molecule has 0 aliphatic heterocycles. The van der Waals surface area contributed by atoms with Crippen LogP contribution < -0.4 is 10.6 Å². The van der Waals surface area contributed by atoms with Crippen molar-refractivity contribution < 1.29 is 10.0 Å². The van der Waals surface area contributed by atoms with E-state index in [9.17, 15) is 4.79 Å². The number of hydrogen-bond acceptors (Lipinski definition) is 4. The highest BCUT2D eigenvalue weighted by Crippen LogP contribution is 2.18. The number of oxime groups is 1. The van der Waals surface area contributed by atoms with Crippen LogP contribution in [0.5, 0.6) is 0 Å². The van der Waals surface area contributed by atoms with Crippen molar-refractivity contribution in [2.75, 3.05) is 11.9 Å². The van der Waals surface area contributed by atoms with Gasteiger partial charge >= 0.3 is 0 Å². The molecular formula is C12H18N4O2. The summed E-state index contributed by atoms with van der Waals surface area (Å²) in [6.07, 6.45) is 3.22. The summed E-state index contributed by atoms with van der Waals surface area (Å²) in [6, 6.07) is 3.52. The van der Waals surface area contributed by atoms with Crippen molar-refractivity contribution >= 4 is 17.4 Å². The number of hydrogen-bond donors (Lipinski definition) is 2. The lowest BCUT2D eigenvalue weighted by Gasteiger charge is -2.25. The lowest BCUT2D eigenvalue weighted by Crippen LogP contribution is -2.42. The molecular weight excluding hydrogens is 232 g/mol. The fourth-order valence-electron chi connectivity index (χ4n) is 1.70. The minimum Gasteiger partial charge on any atom is -0.409 e. The molecule has 6 nitrogen and oxygen atoms in total. The molecule has 1 aromatic heterocycles. The average molecular weight is 250 g/mol. The molecule has 0 fully saturated rings. The molecule has 0 aliphatic rings. The van der Waals surface area contributed by atoms with Crippen LogP contribution in [-0.4, -0.2) is 29.0 Å². The Bertz CT molecular complexity index is 431. The monoisotopic (exact) mass is 250 g/mol. The number of nitrogens with zero attached hydrogens (tertiary/aromatic N) is 3. The average Bonchev–Trinajstić information content (AvgIpc) is 2.38. The quantitative estimate of drug-likeness (QED) is 0.362. The van der Waals surface area contributed by atoms with Crippen molar-refractivity contribution in [1.82, 2.24) is 4.98 Å². The molecule has 0 saturated heterocycles. The highest BCUT2D eigenvalue weighted by atomic mass is 16.4. The van der Waals surface area contributed by atoms with Gasteiger partial charge in [0.25, 0.3) is 0 Å². The fourth-order valence-corrected chi connectivity index (χ4v) is 1.70. The third-order valence-electron chi connectivity index (χ3n) is 2.73. The van der Waals surface area contributed by atoms with E-state index in [4.69, 9.17) is 10.9 Å². The van der Waals surface area contributed by atoms with Gasteiger partial charge in [-0.25, -0.2) is 0 Å². The molecule has 1 rings (SSSR count). The van der Waals surface area contributed by atoms with Crippen LogP contribution in [0.25, 0.3) is 0 Å².